The van der Waals surface area contributed by atoms with Crippen LogP contribution in [0.1, 0.15) is 28.9 Å². The first kappa shape index (κ1) is 20.8. The summed E-state index contributed by atoms with van der Waals surface area (Å²) in [6.07, 6.45) is -1.43. The number of carbonyl (C=O) groups excluding carboxylic acids is 3. The fourth-order valence-electron chi connectivity index (χ4n) is 2.24. The Morgan fingerprint density at radius 1 is 1.18 bits per heavy atom. The average Bonchev–Trinajstić information content (AvgIpc) is 2.66. The lowest BCUT2D eigenvalue weighted by atomic mass is 10.1. The molecular formula is C18H16ClN3O6. The Hall–Kier alpha value is -3.46. The van der Waals surface area contributed by atoms with E-state index < -0.39 is 28.9 Å². The van der Waals surface area contributed by atoms with E-state index in [1.165, 1.54) is 0 Å². The number of urea groups is 1. The monoisotopic (exact) mass is 405 g/mol. The summed E-state index contributed by atoms with van der Waals surface area (Å²) in [6.45, 7) is 1.97. The molecule has 0 aliphatic heterocycles. The van der Waals surface area contributed by atoms with E-state index in [4.69, 9.17) is 16.3 Å². The van der Waals surface area contributed by atoms with E-state index in [1.807, 2.05) is 0 Å². The van der Waals surface area contributed by atoms with Crippen LogP contribution >= 0.6 is 11.6 Å². The summed E-state index contributed by atoms with van der Waals surface area (Å²) in [4.78, 5) is 46.7. The van der Waals surface area contributed by atoms with E-state index in [9.17, 15) is 24.5 Å². The summed E-state index contributed by atoms with van der Waals surface area (Å²) >= 11 is 5.93. The number of nitro groups is 1. The van der Waals surface area contributed by atoms with Crippen LogP contribution in [0.25, 0.3) is 0 Å². The number of esters is 1. The quantitative estimate of drug-likeness (QED) is 0.432. The zero-order valence-electron chi connectivity index (χ0n) is 14.7. The third kappa shape index (κ3) is 5.27. The van der Waals surface area contributed by atoms with Gasteiger partial charge < -0.3 is 10.1 Å². The van der Waals surface area contributed by atoms with Gasteiger partial charge in [-0.15, -0.1) is 0 Å². The zero-order valence-corrected chi connectivity index (χ0v) is 15.4. The van der Waals surface area contributed by atoms with Gasteiger partial charge in [0.05, 0.1) is 15.5 Å². The first-order valence-electron chi connectivity index (χ1n) is 8.12. The SMILES string of the molecule is CCNC(=O)NC(=O)[C@H](OC(=O)c1ccc([N+](=O)[O-])cc1Cl)c1ccccc1. The number of ether oxygens (including phenoxy) is 1. The zero-order chi connectivity index (χ0) is 20.7. The Labute approximate surface area is 164 Å². The molecule has 0 heterocycles. The van der Waals surface area contributed by atoms with E-state index in [1.54, 1.807) is 37.3 Å². The Kier molecular flexibility index (Phi) is 7.05. The van der Waals surface area contributed by atoms with Crippen LogP contribution in [0.15, 0.2) is 48.5 Å². The number of rotatable bonds is 6. The van der Waals surface area contributed by atoms with Gasteiger partial charge in [-0.05, 0) is 13.0 Å². The first-order chi connectivity index (χ1) is 13.3. The number of amides is 3. The van der Waals surface area contributed by atoms with Crippen molar-refractivity contribution in [3.8, 4) is 0 Å². The van der Waals surface area contributed by atoms with Crippen LogP contribution in [0.5, 0.6) is 0 Å². The predicted molar refractivity (Wildman–Crippen MR) is 99.9 cm³/mol. The van der Waals surface area contributed by atoms with Crippen molar-refractivity contribution in [1.82, 2.24) is 10.6 Å². The molecule has 146 valence electrons. The number of nitrogens with zero attached hydrogens (tertiary/aromatic N) is 1. The van der Waals surface area contributed by atoms with Crippen molar-refractivity contribution in [1.29, 1.82) is 0 Å². The second kappa shape index (κ2) is 9.47. The van der Waals surface area contributed by atoms with Crippen molar-refractivity contribution in [2.45, 2.75) is 13.0 Å². The minimum absolute atomic E-state index is 0.154. The number of imide groups is 1. The summed E-state index contributed by atoms with van der Waals surface area (Å²) in [5.41, 5.74) is -0.121. The second-order valence-electron chi connectivity index (χ2n) is 5.47. The second-order valence-corrected chi connectivity index (χ2v) is 5.87. The molecule has 0 unspecified atom stereocenters. The molecule has 9 nitrogen and oxygen atoms in total. The summed E-state index contributed by atoms with van der Waals surface area (Å²) < 4.78 is 5.26. The van der Waals surface area contributed by atoms with Gasteiger partial charge in [-0.1, -0.05) is 41.9 Å². The molecule has 0 bridgehead atoms. The van der Waals surface area contributed by atoms with Crippen molar-refractivity contribution in [3.05, 3.63) is 74.8 Å². The smallest absolute Gasteiger partial charge is 0.340 e. The molecule has 0 aromatic heterocycles. The lowest BCUT2D eigenvalue weighted by molar-refractivity contribution is -0.384. The van der Waals surface area contributed by atoms with E-state index >= 15 is 0 Å². The van der Waals surface area contributed by atoms with E-state index in [2.05, 4.69) is 10.6 Å². The van der Waals surface area contributed by atoms with Gasteiger partial charge in [-0.2, -0.15) is 0 Å². The molecule has 0 radical (unpaired) electrons. The number of nitro benzene ring substituents is 1. The van der Waals surface area contributed by atoms with Crippen molar-refractivity contribution in [3.63, 3.8) is 0 Å². The normalized spacial score (nSPS) is 11.2. The third-order valence-corrected chi connectivity index (χ3v) is 3.84. The number of nitrogens with one attached hydrogen (secondary N) is 2. The van der Waals surface area contributed by atoms with Gasteiger partial charge in [0.15, 0.2) is 0 Å². The molecule has 10 heteroatoms. The number of non-ortho nitro benzene ring substituents is 1. The van der Waals surface area contributed by atoms with Crippen LogP contribution in [-0.4, -0.2) is 29.4 Å². The molecule has 0 aliphatic carbocycles. The van der Waals surface area contributed by atoms with Gasteiger partial charge in [0.25, 0.3) is 11.6 Å². The molecule has 2 rings (SSSR count). The van der Waals surface area contributed by atoms with Gasteiger partial charge in [0, 0.05) is 24.2 Å². The molecule has 2 aromatic rings. The molecule has 0 spiro atoms. The molecule has 28 heavy (non-hydrogen) atoms. The lowest BCUT2D eigenvalue weighted by Gasteiger charge is -2.18. The van der Waals surface area contributed by atoms with Crippen molar-refractivity contribution < 1.29 is 24.0 Å². The molecular weight excluding hydrogens is 390 g/mol. The van der Waals surface area contributed by atoms with E-state index in [0.29, 0.717) is 12.1 Å². The van der Waals surface area contributed by atoms with E-state index in [0.717, 1.165) is 18.2 Å². The van der Waals surface area contributed by atoms with Crippen LogP contribution in [0.4, 0.5) is 10.5 Å². The van der Waals surface area contributed by atoms with Gasteiger partial charge in [0.1, 0.15) is 0 Å². The van der Waals surface area contributed by atoms with Crippen LogP contribution in [-0.2, 0) is 9.53 Å². The summed E-state index contributed by atoms with van der Waals surface area (Å²) in [5, 5.41) is 15.1. The van der Waals surface area contributed by atoms with Crippen molar-refractivity contribution in [2.24, 2.45) is 0 Å². The van der Waals surface area contributed by atoms with Gasteiger partial charge in [0.2, 0.25) is 6.10 Å². The Bertz CT molecular complexity index is 903. The highest BCUT2D eigenvalue weighted by Gasteiger charge is 2.28. The number of hydrogen-bond acceptors (Lipinski definition) is 6. The third-order valence-electron chi connectivity index (χ3n) is 3.52. The molecule has 2 aromatic carbocycles. The van der Waals surface area contributed by atoms with Gasteiger partial charge in [-0.25, -0.2) is 9.59 Å². The fourth-order valence-corrected chi connectivity index (χ4v) is 2.49. The molecule has 2 N–H and O–H groups in total. The topological polar surface area (TPSA) is 128 Å². The lowest BCUT2D eigenvalue weighted by Crippen LogP contribution is -2.42. The van der Waals surface area contributed by atoms with Crippen molar-refractivity contribution >= 4 is 35.2 Å². The maximum atomic E-state index is 12.5. The van der Waals surface area contributed by atoms with E-state index in [-0.39, 0.29) is 16.3 Å². The molecule has 0 fully saturated rings. The Morgan fingerprint density at radius 3 is 2.43 bits per heavy atom. The van der Waals surface area contributed by atoms with Crippen LogP contribution in [0.2, 0.25) is 5.02 Å². The Morgan fingerprint density at radius 2 is 1.86 bits per heavy atom. The summed E-state index contributed by atoms with van der Waals surface area (Å²) in [7, 11) is 0. The number of carbonyl (C=O) groups is 3. The van der Waals surface area contributed by atoms with Crippen LogP contribution < -0.4 is 10.6 Å². The average molecular weight is 406 g/mol. The molecule has 0 saturated carbocycles. The standard InChI is InChI=1S/C18H16ClN3O6/c1-2-20-18(25)21-16(23)15(11-6-4-3-5-7-11)28-17(24)13-9-8-12(22(26)27)10-14(13)19/h3-10,15H,2H2,1H3,(H2,20,21,23,25)/t15-/m1/s1. The molecule has 0 saturated heterocycles. The molecule has 0 aliphatic rings. The van der Waals surface area contributed by atoms with Gasteiger partial charge in [-0.3, -0.25) is 20.2 Å². The minimum Gasteiger partial charge on any atom is -0.444 e. The highest BCUT2D eigenvalue weighted by Crippen LogP contribution is 2.26. The largest absolute Gasteiger partial charge is 0.444 e. The van der Waals surface area contributed by atoms with Crippen LogP contribution in [0.3, 0.4) is 0 Å². The number of halogens is 1. The summed E-state index contributed by atoms with van der Waals surface area (Å²) in [5.74, 6) is -1.83. The number of hydrogen-bond donors (Lipinski definition) is 2. The molecule has 1 atom stereocenters. The minimum atomic E-state index is -1.43. The molecule has 3 amide bonds. The summed E-state index contributed by atoms with van der Waals surface area (Å²) in [6, 6.07) is 10.6. The highest BCUT2D eigenvalue weighted by atomic mass is 35.5. The highest BCUT2D eigenvalue weighted by molar-refractivity contribution is 6.33. The van der Waals surface area contributed by atoms with Crippen LogP contribution in [0, 0.1) is 10.1 Å². The van der Waals surface area contributed by atoms with Crippen molar-refractivity contribution in [2.75, 3.05) is 6.54 Å². The maximum absolute atomic E-state index is 12.5. The Balaban J connectivity index is 2.27. The maximum Gasteiger partial charge on any atom is 0.340 e. The number of benzene rings is 2. The fraction of sp³-hybridized carbons (Fsp3) is 0.167. The first-order valence-corrected chi connectivity index (χ1v) is 8.49. The predicted octanol–water partition coefficient (Wildman–Crippen LogP) is 2.99. The van der Waals surface area contributed by atoms with Gasteiger partial charge >= 0.3 is 12.0 Å².